The molecule has 0 radical (unpaired) electrons. The molecule has 7 heteroatoms. The minimum absolute atomic E-state index is 0.0586. The van der Waals surface area contributed by atoms with Crippen molar-refractivity contribution in [3.05, 3.63) is 28.5 Å². The van der Waals surface area contributed by atoms with Crippen LogP contribution in [0.2, 0.25) is 5.02 Å². The molecule has 0 amide bonds. The van der Waals surface area contributed by atoms with Gasteiger partial charge in [-0.2, -0.15) is 0 Å². The van der Waals surface area contributed by atoms with Gasteiger partial charge in [0.05, 0.1) is 5.88 Å². The average molecular weight is 300 g/mol. The van der Waals surface area contributed by atoms with Crippen LogP contribution in [0.4, 0.5) is 4.39 Å². The van der Waals surface area contributed by atoms with Crippen LogP contribution in [-0.2, 0) is 15.9 Å². The smallest absolute Gasteiger partial charge is 0.209 e. The van der Waals surface area contributed by atoms with Gasteiger partial charge in [0, 0.05) is 16.6 Å². The van der Waals surface area contributed by atoms with Crippen molar-refractivity contribution >= 4 is 33.2 Å². The Morgan fingerprint density at radius 3 is 2.47 bits per heavy atom. The molecule has 1 aromatic carbocycles. The summed E-state index contributed by atoms with van der Waals surface area (Å²) < 4.78 is 39.8. The number of benzene rings is 1. The van der Waals surface area contributed by atoms with Crippen LogP contribution in [0, 0.1) is 5.82 Å². The predicted octanol–water partition coefficient (Wildman–Crippen LogP) is 2.90. The first-order valence-electron chi connectivity index (χ1n) is 4.84. The molecule has 0 fully saturated rings. The second-order valence-corrected chi connectivity index (χ2v) is 6.17. The molecule has 17 heavy (non-hydrogen) atoms. The number of hydrogen-bond donors (Lipinski definition) is 1. The summed E-state index contributed by atoms with van der Waals surface area (Å²) in [6.07, 6.45) is 0. The SMILES string of the molecule is CC(C)NS(=O)(=O)c1cc(Cl)cc(CCl)c1F. The highest BCUT2D eigenvalue weighted by molar-refractivity contribution is 7.89. The van der Waals surface area contributed by atoms with Gasteiger partial charge in [0.25, 0.3) is 0 Å². The molecular weight excluding hydrogens is 288 g/mol. The summed E-state index contributed by atoms with van der Waals surface area (Å²) in [7, 11) is -3.91. The molecular formula is C10H12Cl2FNO2S. The number of rotatable bonds is 4. The summed E-state index contributed by atoms with van der Waals surface area (Å²) in [6, 6.07) is 2.04. The first kappa shape index (κ1) is 14.7. The second-order valence-electron chi connectivity index (χ2n) is 3.79. The third-order valence-electron chi connectivity index (χ3n) is 1.90. The van der Waals surface area contributed by atoms with Crippen LogP contribution in [0.3, 0.4) is 0 Å². The lowest BCUT2D eigenvalue weighted by Gasteiger charge is -2.12. The molecule has 0 aromatic heterocycles. The number of sulfonamides is 1. The van der Waals surface area contributed by atoms with E-state index in [4.69, 9.17) is 23.2 Å². The zero-order valence-electron chi connectivity index (χ0n) is 9.30. The van der Waals surface area contributed by atoms with Crippen molar-refractivity contribution in [1.29, 1.82) is 0 Å². The van der Waals surface area contributed by atoms with Gasteiger partial charge in [0.1, 0.15) is 10.7 Å². The van der Waals surface area contributed by atoms with E-state index < -0.39 is 20.7 Å². The highest BCUT2D eigenvalue weighted by Crippen LogP contribution is 2.24. The third-order valence-corrected chi connectivity index (χ3v) is 4.07. The quantitative estimate of drug-likeness (QED) is 0.869. The molecule has 0 unspecified atom stereocenters. The van der Waals surface area contributed by atoms with Crippen molar-refractivity contribution in [1.82, 2.24) is 4.72 Å². The second kappa shape index (κ2) is 5.52. The normalized spacial score (nSPS) is 12.1. The molecule has 96 valence electrons. The number of nitrogens with one attached hydrogen (secondary N) is 1. The van der Waals surface area contributed by atoms with Crippen LogP contribution >= 0.6 is 23.2 Å². The summed E-state index contributed by atoms with van der Waals surface area (Å²) in [4.78, 5) is -0.477. The fourth-order valence-corrected chi connectivity index (χ4v) is 3.18. The fourth-order valence-electron chi connectivity index (χ4n) is 1.28. The molecule has 0 atom stereocenters. The summed E-state index contributed by atoms with van der Waals surface area (Å²) in [6.45, 7) is 3.28. The van der Waals surface area contributed by atoms with E-state index in [0.29, 0.717) is 0 Å². The zero-order chi connectivity index (χ0) is 13.2. The van der Waals surface area contributed by atoms with E-state index in [2.05, 4.69) is 4.72 Å². The summed E-state index contributed by atoms with van der Waals surface area (Å²) in [5.74, 6) is -1.01. The summed E-state index contributed by atoms with van der Waals surface area (Å²) in [5.41, 5.74) is 0.0586. The maximum absolute atomic E-state index is 13.8. The fraction of sp³-hybridized carbons (Fsp3) is 0.400. The lowest BCUT2D eigenvalue weighted by Crippen LogP contribution is -2.31. The van der Waals surface area contributed by atoms with Crippen LogP contribution in [0.1, 0.15) is 19.4 Å². The number of halogens is 3. The molecule has 0 aliphatic rings. The van der Waals surface area contributed by atoms with Crippen molar-refractivity contribution in [3.8, 4) is 0 Å². The molecule has 1 N–H and O–H groups in total. The van der Waals surface area contributed by atoms with Crippen molar-refractivity contribution in [2.24, 2.45) is 0 Å². The van der Waals surface area contributed by atoms with E-state index in [-0.39, 0.29) is 22.5 Å². The molecule has 0 spiro atoms. The Morgan fingerprint density at radius 1 is 1.41 bits per heavy atom. The van der Waals surface area contributed by atoms with E-state index in [1.54, 1.807) is 13.8 Å². The highest BCUT2D eigenvalue weighted by atomic mass is 35.5. The van der Waals surface area contributed by atoms with Gasteiger partial charge in [0.2, 0.25) is 10.0 Å². The lowest BCUT2D eigenvalue weighted by atomic mass is 10.2. The van der Waals surface area contributed by atoms with E-state index in [1.807, 2.05) is 0 Å². The Labute approximate surface area is 110 Å². The molecule has 0 aliphatic carbocycles. The first-order chi connectivity index (χ1) is 7.77. The summed E-state index contributed by atoms with van der Waals surface area (Å²) in [5, 5.41) is 0.131. The molecule has 1 aromatic rings. The van der Waals surface area contributed by atoms with Crippen LogP contribution in [0.5, 0.6) is 0 Å². The van der Waals surface area contributed by atoms with E-state index in [1.165, 1.54) is 6.07 Å². The lowest BCUT2D eigenvalue weighted by molar-refractivity contribution is 0.545. The largest absolute Gasteiger partial charge is 0.243 e. The van der Waals surface area contributed by atoms with E-state index in [9.17, 15) is 12.8 Å². The molecule has 1 rings (SSSR count). The Hall–Kier alpha value is -0.360. The molecule has 0 saturated heterocycles. The minimum atomic E-state index is -3.91. The van der Waals surface area contributed by atoms with Crippen LogP contribution in [0.25, 0.3) is 0 Å². The molecule has 0 bridgehead atoms. The van der Waals surface area contributed by atoms with Crippen LogP contribution < -0.4 is 4.72 Å². The van der Waals surface area contributed by atoms with Gasteiger partial charge in [-0.1, -0.05) is 11.6 Å². The van der Waals surface area contributed by atoms with Gasteiger partial charge in [-0.05, 0) is 26.0 Å². The molecule has 0 heterocycles. The van der Waals surface area contributed by atoms with Crippen molar-refractivity contribution in [2.75, 3.05) is 0 Å². The predicted molar refractivity (Wildman–Crippen MR) is 66.4 cm³/mol. The van der Waals surface area contributed by atoms with Gasteiger partial charge in [0.15, 0.2) is 0 Å². The van der Waals surface area contributed by atoms with Gasteiger partial charge < -0.3 is 0 Å². The summed E-state index contributed by atoms with van der Waals surface area (Å²) >= 11 is 11.2. The monoisotopic (exact) mass is 299 g/mol. The Balaban J connectivity index is 3.36. The Bertz CT molecular complexity index is 517. The zero-order valence-corrected chi connectivity index (χ0v) is 11.6. The standard InChI is InChI=1S/C10H12Cl2FNO2S/c1-6(2)14-17(15,16)9-4-8(12)3-7(5-11)10(9)13/h3-4,6,14H,5H2,1-2H3. The maximum Gasteiger partial charge on any atom is 0.243 e. The topological polar surface area (TPSA) is 46.2 Å². The first-order valence-corrected chi connectivity index (χ1v) is 7.23. The van der Waals surface area contributed by atoms with Crippen molar-refractivity contribution in [2.45, 2.75) is 30.7 Å². The number of hydrogen-bond acceptors (Lipinski definition) is 2. The Morgan fingerprint density at radius 2 is 2.00 bits per heavy atom. The average Bonchev–Trinajstić information content (AvgIpc) is 2.18. The molecule has 0 saturated carbocycles. The maximum atomic E-state index is 13.8. The van der Waals surface area contributed by atoms with Gasteiger partial charge >= 0.3 is 0 Å². The minimum Gasteiger partial charge on any atom is -0.209 e. The molecule has 0 aliphatic heterocycles. The van der Waals surface area contributed by atoms with E-state index >= 15 is 0 Å². The third kappa shape index (κ3) is 3.55. The highest BCUT2D eigenvalue weighted by Gasteiger charge is 2.22. The van der Waals surface area contributed by atoms with Crippen LogP contribution in [0.15, 0.2) is 17.0 Å². The van der Waals surface area contributed by atoms with Gasteiger partial charge in [-0.3, -0.25) is 0 Å². The van der Waals surface area contributed by atoms with Crippen molar-refractivity contribution < 1.29 is 12.8 Å². The van der Waals surface area contributed by atoms with Crippen molar-refractivity contribution in [3.63, 3.8) is 0 Å². The molecule has 3 nitrogen and oxygen atoms in total. The number of alkyl halides is 1. The van der Waals surface area contributed by atoms with Gasteiger partial charge in [-0.15, -0.1) is 11.6 Å². The van der Waals surface area contributed by atoms with E-state index in [0.717, 1.165) is 6.07 Å². The van der Waals surface area contributed by atoms with Gasteiger partial charge in [-0.25, -0.2) is 17.5 Å². The Kier molecular flexibility index (Phi) is 4.77. The van der Waals surface area contributed by atoms with Crippen LogP contribution in [-0.4, -0.2) is 14.5 Å².